The van der Waals surface area contributed by atoms with Crippen molar-refractivity contribution in [3.05, 3.63) is 52.5 Å². The molecule has 2 amide bonds. The van der Waals surface area contributed by atoms with Crippen molar-refractivity contribution in [1.82, 2.24) is 10.3 Å². The van der Waals surface area contributed by atoms with Gasteiger partial charge in [0.1, 0.15) is 10.3 Å². The summed E-state index contributed by atoms with van der Waals surface area (Å²) < 4.78 is 36.0. The number of hydrogen-bond donors (Lipinski definition) is 1. The van der Waals surface area contributed by atoms with Crippen molar-refractivity contribution in [3.8, 4) is 11.5 Å². The first-order valence-corrected chi connectivity index (χ1v) is 11.9. The smallest absolute Gasteiger partial charge is 0.339 e. The monoisotopic (exact) mass is 497 g/mol. The summed E-state index contributed by atoms with van der Waals surface area (Å²) in [7, 11) is -2.83. The van der Waals surface area contributed by atoms with Gasteiger partial charge in [0, 0.05) is 13.8 Å². The van der Waals surface area contributed by atoms with E-state index in [1.165, 1.54) is 50.2 Å². The maximum absolute atomic E-state index is 12.7. The van der Waals surface area contributed by atoms with E-state index in [9.17, 15) is 18.0 Å². The molecule has 0 aliphatic carbocycles. The van der Waals surface area contributed by atoms with Crippen molar-refractivity contribution in [2.45, 2.75) is 31.0 Å². The van der Waals surface area contributed by atoms with E-state index >= 15 is 0 Å². The third-order valence-electron chi connectivity index (χ3n) is 4.29. The van der Waals surface area contributed by atoms with Crippen molar-refractivity contribution in [3.63, 3.8) is 0 Å². The molecule has 2 aromatic rings. The van der Waals surface area contributed by atoms with Gasteiger partial charge in [0.15, 0.2) is 10.9 Å². The van der Waals surface area contributed by atoms with Gasteiger partial charge in [-0.3, -0.25) is 9.59 Å². The quantitative estimate of drug-likeness (QED) is 0.629. The number of ether oxygens (including phenoxy) is 1. The largest absolute Gasteiger partial charge is 0.493 e. The molecule has 12 heteroatoms. The lowest BCUT2D eigenvalue weighted by atomic mass is 10.2. The molecule has 9 nitrogen and oxygen atoms in total. The number of benzene rings is 2. The molecule has 1 aliphatic heterocycles. The molecule has 0 fully saturated rings. The Morgan fingerprint density at radius 3 is 2.41 bits per heavy atom. The number of methoxy groups -OCH3 is 1. The lowest BCUT2D eigenvalue weighted by Gasteiger charge is -2.21. The van der Waals surface area contributed by atoms with Crippen LogP contribution in [0.5, 0.6) is 11.5 Å². The first-order valence-electron chi connectivity index (χ1n) is 9.23. The highest BCUT2D eigenvalue weighted by Gasteiger charge is 2.34. The summed E-state index contributed by atoms with van der Waals surface area (Å²) in [6.07, 6.45) is 0. The fourth-order valence-electron chi connectivity index (χ4n) is 2.81. The van der Waals surface area contributed by atoms with E-state index in [0.717, 1.165) is 17.3 Å². The number of rotatable bonds is 5. The molecule has 1 atom stereocenters. The number of hydrazone groups is 1. The molecule has 0 bridgehead atoms. The van der Waals surface area contributed by atoms with Gasteiger partial charge in [-0.2, -0.15) is 8.42 Å². The molecule has 0 saturated carbocycles. The topological polar surface area (TPSA) is 114 Å². The number of carbonyl (C=O) groups is 2. The van der Waals surface area contributed by atoms with E-state index < -0.39 is 15.5 Å². The zero-order chi connectivity index (χ0) is 23.6. The second-order valence-corrected chi connectivity index (χ2v) is 9.83. The number of nitrogens with zero attached hydrogens (tertiary/aromatic N) is 2. The van der Waals surface area contributed by atoms with Gasteiger partial charge in [-0.15, -0.1) is 5.10 Å². The molecular weight excluding hydrogens is 478 g/mol. The molecule has 1 aliphatic rings. The fraction of sp³-hybridized carbons (Fsp3) is 0.250. The Hall–Kier alpha value is -2.76. The average molecular weight is 498 g/mol. The third-order valence-corrected chi connectivity index (χ3v) is 6.91. The zero-order valence-electron chi connectivity index (χ0n) is 17.6. The minimum atomic E-state index is -4.17. The minimum Gasteiger partial charge on any atom is -0.493 e. The van der Waals surface area contributed by atoms with Crippen molar-refractivity contribution in [2.24, 2.45) is 5.10 Å². The van der Waals surface area contributed by atoms with Crippen LogP contribution in [0.1, 0.15) is 30.3 Å². The number of amidine groups is 1. The lowest BCUT2D eigenvalue weighted by molar-refractivity contribution is -0.129. The molecule has 32 heavy (non-hydrogen) atoms. The molecule has 3 rings (SSSR count). The molecule has 0 saturated heterocycles. The Morgan fingerprint density at radius 2 is 1.84 bits per heavy atom. The molecule has 0 radical (unpaired) electrons. The summed E-state index contributed by atoms with van der Waals surface area (Å²) in [6, 6.07) is 9.13. The average Bonchev–Trinajstić information content (AvgIpc) is 3.13. The second kappa shape index (κ2) is 9.39. The molecule has 0 unspecified atom stereocenters. The Kier molecular flexibility index (Phi) is 7.01. The number of halogens is 1. The Balaban J connectivity index is 1.95. The van der Waals surface area contributed by atoms with E-state index in [-0.39, 0.29) is 38.4 Å². The minimum absolute atomic E-state index is 0.0345. The summed E-state index contributed by atoms with van der Waals surface area (Å²) >= 11 is 7.49. The van der Waals surface area contributed by atoms with Crippen molar-refractivity contribution in [2.75, 3.05) is 7.11 Å². The predicted octanol–water partition coefficient (Wildman–Crippen LogP) is 3.43. The highest BCUT2D eigenvalue weighted by molar-refractivity contribution is 8.14. The zero-order valence-corrected chi connectivity index (χ0v) is 20.0. The number of nitrogens with one attached hydrogen (secondary N) is 1. The summed E-state index contributed by atoms with van der Waals surface area (Å²) in [5, 5.41) is 7.41. The van der Waals surface area contributed by atoms with E-state index in [2.05, 4.69) is 10.4 Å². The summed E-state index contributed by atoms with van der Waals surface area (Å²) in [5.41, 5.74) is 1.39. The van der Waals surface area contributed by atoms with Crippen LogP contribution in [0.15, 0.2) is 46.4 Å². The molecule has 1 heterocycles. The summed E-state index contributed by atoms with van der Waals surface area (Å²) in [5.74, 6) is -0.819. The van der Waals surface area contributed by atoms with Gasteiger partial charge < -0.3 is 14.2 Å². The second-order valence-electron chi connectivity index (χ2n) is 6.80. The van der Waals surface area contributed by atoms with Crippen molar-refractivity contribution in [1.29, 1.82) is 0 Å². The number of aryl methyl sites for hydroxylation is 1. The normalized spacial score (nSPS) is 15.8. The lowest BCUT2D eigenvalue weighted by Crippen LogP contribution is -2.25. The van der Waals surface area contributed by atoms with Gasteiger partial charge in [0.25, 0.3) is 0 Å². The predicted molar refractivity (Wildman–Crippen MR) is 121 cm³/mol. The first kappa shape index (κ1) is 23.9. The molecule has 170 valence electrons. The molecule has 1 N–H and O–H groups in total. The number of hydrogen-bond acceptors (Lipinski definition) is 8. The van der Waals surface area contributed by atoms with Crippen LogP contribution in [-0.2, 0) is 19.7 Å². The maximum atomic E-state index is 12.7. The van der Waals surface area contributed by atoms with Crippen LogP contribution in [0.4, 0.5) is 0 Å². The van der Waals surface area contributed by atoms with Crippen LogP contribution in [0.25, 0.3) is 0 Å². The molecular formula is C20H20ClN3O6S2. The standard InChI is InChI=1S/C20H20ClN3O6S2/c1-11-5-7-15(8-6-11)32(27,28)30-18-16(21)9-14(10-17(18)29-4)19-24(13(3)26)23-20(31-19)22-12(2)25/h5-10,19H,1-4H3,(H,22,23,25)/t19-/m1/s1. The van der Waals surface area contributed by atoms with E-state index in [0.29, 0.717) is 5.56 Å². The van der Waals surface area contributed by atoms with Gasteiger partial charge in [-0.25, -0.2) is 5.01 Å². The SMILES string of the molecule is COc1cc([C@H]2SC(NC(C)=O)=NN2C(C)=O)cc(Cl)c1OS(=O)(=O)c1ccc(C)cc1. The van der Waals surface area contributed by atoms with Gasteiger partial charge in [0.05, 0.1) is 12.1 Å². The first-order chi connectivity index (χ1) is 15.0. The van der Waals surface area contributed by atoms with Crippen LogP contribution < -0.4 is 14.2 Å². The molecule has 2 aromatic carbocycles. The number of thioether (sulfide) groups is 1. The van der Waals surface area contributed by atoms with Crippen LogP contribution in [0, 0.1) is 6.92 Å². The maximum Gasteiger partial charge on any atom is 0.339 e. The Labute approximate surface area is 194 Å². The van der Waals surface area contributed by atoms with Crippen molar-refractivity contribution >= 4 is 50.5 Å². The number of carbonyl (C=O) groups excluding carboxylic acids is 2. The highest BCUT2D eigenvalue weighted by atomic mass is 35.5. The molecule has 0 aromatic heterocycles. The van der Waals surface area contributed by atoms with Crippen LogP contribution in [0.3, 0.4) is 0 Å². The van der Waals surface area contributed by atoms with Crippen molar-refractivity contribution < 1.29 is 26.9 Å². The van der Waals surface area contributed by atoms with Crippen LogP contribution in [-0.4, -0.2) is 37.5 Å². The van der Waals surface area contributed by atoms with Gasteiger partial charge in [-0.05, 0) is 36.8 Å². The highest BCUT2D eigenvalue weighted by Crippen LogP contribution is 2.45. The van der Waals surface area contributed by atoms with Gasteiger partial charge in [-0.1, -0.05) is 41.1 Å². The van der Waals surface area contributed by atoms with E-state index in [1.807, 2.05) is 6.92 Å². The van der Waals surface area contributed by atoms with E-state index in [4.69, 9.17) is 20.5 Å². The Morgan fingerprint density at radius 1 is 1.19 bits per heavy atom. The van der Waals surface area contributed by atoms with Gasteiger partial charge >= 0.3 is 10.1 Å². The summed E-state index contributed by atoms with van der Waals surface area (Å²) in [4.78, 5) is 23.4. The van der Waals surface area contributed by atoms with Gasteiger partial charge in [0.2, 0.25) is 17.6 Å². The van der Waals surface area contributed by atoms with Crippen LogP contribution in [0.2, 0.25) is 5.02 Å². The molecule has 0 spiro atoms. The van der Waals surface area contributed by atoms with Crippen LogP contribution >= 0.6 is 23.4 Å². The third kappa shape index (κ3) is 5.17. The Bertz CT molecular complexity index is 1200. The summed E-state index contributed by atoms with van der Waals surface area (Å²) in [6.45, 7) is 4.50. The fourth-order valence-corrected chi connectivity index (χ4v) is 5.18. The number of amides is 2. The van der Waals surface area contributed by atoms with E-state index in [1.54, 1.807) is 12.1 Å².